The molecular weight excluding hydrogens is 657 g/mol. The van der Waals surface area contributed by atoms with Crippen molar-refractivity contribution < 1.29 is 48.0 Å². The van der Waals surface area contributed by atoms with Crippen molar-refractivity contribution in [3.8, 4) is 23.0 Å². The Hall–Kier alpha value is -5.26. The monoisotopic (exact) mass is 702 g/mol. The average molecular weight is 703 g/mol. The summed E-state index contributed by atoms with van der Waals surface area (Å²) in [4.78, 5) is 44.8. The molecule has 0 aromatic heterocycles. The zero-order chi connectivity index (χ0) is 37.5. The molecule has 0 spiro atoms. The molecule has 0 bridgehead atoms. The first-order chi connectivity index (χ1) is 23.4. The number of aromatic carboxylic acids is 1. The van der Waals surface area contributed by atoms with Crippen LogP contribution in [-0.4, -0.2) is 42.4 Å². The van der Waals surface area contributed by atoms with E-state index in [1.807, 2.05) is 24.3 Å². The standard InChI is InChI=1S/C22H28O5Si.C9H8O4.C8H10O/c1-16(23)26-20-10-8-7-9-19(20)21(24)27-18-13-11-17(12-14-18)15-25-28(5,6)22(2,3)4;1-6(10)13-8-5-3-2-4-7(8)9(11)12;1-2-7-3-5-8(9)6-4-7/h7-14H,15H2,1-6H3;2-5H,1H3,(H,11,12);3-6,9H,2H2,1H3. The highest BCUT2D eigenvalue weighted by molar-refractivity contribution is 6.74. The maximum absolute atomic E-state index is 12.4. The van der Waals surface area contributed by atoms with Crippen molar-refractivity contribution in [1.82, 2.24) is 0 Å². The van der Waals surface area contributed by atoms with Crippen LogP contribution in [0.4, 0.5) is 0 Å². The highest BCUT2D eigenvalue weighted by Gasteiger charge is 2.37. The lowest BCUT2D eigenvalue weighted by molar-refractivity contribution is -0.132. The lowest BCUT2D eigenvalue weighted by atomic mass is 10.2. The topological polar surface area (TPSA) is 146 Å². The number of aromatic hydroxyl groups is 1. The van der Waals surface area contributed by atoms with E-state index in [0.29, 0.717) is 18.1 Å². The molecule has 0 fully saturated rings. The van der Waals surface area contributed by atoms with E-state index < -0.39 is 32.2 Å². The summed E-state index contributed by atoms with van der Waals surface area (Å²) >= 11 is 0. The van der Waals surface area contributed by atoms with Crippen LogP contribution in [0.3, 0.4) is 0 Å². The molecule has 0 amide bonds. The number of phenolic OH excluding ortho intramolecular Hbond substituents is 1. The van der Waals surface area contributed by atoms with Crippen molar-refractivity contribution in [3.63, 3.8) is 0 Å². The van der Waals surface area contributed by atoms with E-state index in [-0.39, 0.29) is 27.7 Å². The van der Waals surface area contributed by atoms with Gasteiger partial charge in [0.15, 0.2) is 8.32 Å². The smallest absolute Gasteiger partial charge is 0.347 e. The van der Waals surface area contributed by atoms with Crippen molar-refractivity contribution in [2.75, 3.05) is 0 Å². The molecule has 0 saturated heterocycles. The highest BCUT2D eigenvalue weighted by Crippen LogP contribution is 2.37. The summed E-state index contributed by atoms with van der Waals surface area (Å²) in [7, 11) is -1.82. The second-order valence-electron chi connectivity index (χ2n) is 12.6. The fraction of sp³-hybridized carbons (Fsp3) is 0.282. The maximum Gasteiger partial charge on any atom is 0.347 e. The van der Waals surface area contributed by atoms with Crippen LogP contribution in [0.1, 0.15) is 73.4 Å². The average Bonchev–Trinajstić information content (AvgIpc) is 3.05. The zero-order valence-electron chi connectivity index (χ0n) is 29.8. The Kier molecular flexibility index (Phi) is 15.6. The van der Waals surface area contributed by atoms with E-state index in [2.05, 4.69) is 45.5 Å². The van der Waals surface area contributed by atoms with Crippen molar-refractivity contribution in [1.29, 1.82) is 0 Å². The van der Waals surface area contributed by atoms with E-state index in [0.717, 1.165) is 12.0 Å². The number of phenols is 1. The molecule has 10 nitrogen and oxygen atoms in total. The molecule has 50 heavy (non-hydrogen) atoms. The summed E-state index contributed by atoms with van der Waals surface area (Å²) in [6.45, 7) is 16.2. The van der Waals surface area contributed by atoms with Crippen molar-refractivity contribution in [2.24, 2.45) is 0 Å². The van der Waals surface area contributed by atoms with E-state index in [1.165, 1.54) is 31.5 Å². The fourth-order valence-corrected chi connectivity index (χ4v) is 4.75. The Morgan fingerprint density at radius 2 is 1.12 bits per heavy atom. The van der Waals surface area contributed by atoms with Gasteiger partial charge >= 0.3 is 23.9 Å². The molecule has 0 unspecified atom stereocenters. The van der Waals surface area contributed by atoms with Crippen molar-refractivity contribution in [3.05, 3.63) is 119 Å². The molecule has 4 aromatic rings. The summed E-state index contributed by atoms with van der Waals surface area (Å²) in [5.41, 5.74) is 2.46. The van der Waals surface area contributed by atoms with Gasteiger partial charge in [-0.3, -0.25) is 9.59 Å². The van der Waals surface area contributed by atoms with Gasteiger partial charge in [-0.15, -0.1) is 0 Å². The molecular formula is C39H46O10Si. The van der Waals surface area contributed by atoms with E-state index in [1.54, 1.807) is 60.7 Å². The molecule has 0 saturated carbocycles. The Morgan fingerprint density at radius 3 is 1.58 bits per heavy atom. The second-order valence-corrected chi connectivity index (χ2v) is 17.4. The summed E-state index contributed by atoms with van der Waals surface area (Å²) in [5.74, 6) is -1.72. The van der Waals surface area contributed by atoms with E-state index >= 15 is 0 Å². The zero-order valence-corrected chi connectivity index (χ0v) is 30.8. The minimum atomic E-state index is -1.82. The minimum absolute atomic E-state index is 0.0160. The second kappa shape index (κ2) is 19.1. The molecule has 266 valence electrons. The van der Waals surface area contributed by atoms with Crippen LogP contribution in [0, 0.1) is 0 Å². The third-order valence-corrected chi connectivity index (χ3v) is 12.1. The SMILES string of the molecule is CC(=O)Oc1ccccc1C(=O)O.CC(=O)Oc1ccccc1C(=O)Oc1ccc(CO[Si](C)(C)C(C)(C)C)cc1.CCc1ccc(O)cc1. The number of benzene rings is 4. The molecule has 4 aromatic carbocycles. The van der Waals surface area contributed by atoms with Crippen LogP contribution in [0.2, 0.25) is 18.1 Å². The van der Waals surface area contributed by atoms with Gasteiger partial charge in [-0.25, -0.2) is 9.59 Å². The highest BCUT2D eigenvalue weighted by atomic mass is 28.4. The van der Waals surface area contributed by atoms with Gasteiger partial charge < -0.3 is 28.8 Å². The molecule has 0 aliphatic rings. The first-order valence-corrected chi connectivity index (χ1v) is 18.9. The third kappa shape index (κ3) is 13.7. The molecule has 4 rings (SSSR count). The van der Waals surface area contributed by atoms with Gasteiger partial charge in [0.05, 0.1) is 6.61 Å². The van der Waals surface area contributed by atoms with Crippen LogP contribution < -0.4 is 14.2 Å². The van der Waals surface area contributed by atoms with Gasteiger partial charge in [-0.2, -0.15) is 0 Å². The number of aryl methyl sites for hydroxylation is 1. The first-order valence-electron chi connectivity index (χ1n) is 15.9. The number of hydrogen-bond acceptors (Lipinski definition) is 9. The Labute approximate surface area is 294 Å². The summed E-state index contributed by atoms with van der Waals surface area (Å²) in [6, 6.07) is 27.0. The summed E-state index contributed by atoms with van der Waals surface area (Å²) < 4.78 is 21.4. The lowest BCUT2D eigenvalue weighted by Crippen LogP contribution is -2.40. The van der Waals surface area contributed by atoms with E-state index in [9.17, 15) is 19.2 Å². The number of para-hydroxylation sites is 2. The van der Waals surface area contributed by atoms with E-state index in [4.69, 9.17) is 24.1 Å². The van der Waals surface area contributed by atoms with Crippen molar-refractivity contribution >= 4 is 32.2 Å². The molecule has 0 heterocycles. The fourth-order valence-electron chi connectivity index (χ4n) is 3.79. The van der Waals surface area contributed by atoms with Crippen molar-refractivity contribution in [2.45, 2.75) is 72.7 Å². The third-order valence-electron chi connectivity index (χ3n) is 7.62. The Morgan fingerprint density at radius 1 is 0.660 bits per heavy atom. The van der Waals surface area contributed by atoms with Gasteiger partial charge in [0.25, 0.3) is 0 Å². The predicted molar refractivity (Wildman–Crippen MR) is 193 cm³/mol. The van der Waals surface area contributed by atoms with Crippen LogP contribution in [0.15, 0.2) is 97.1 Å². The van der Waals surface area contributed by atoms with Crippen LogP contribution in [-0.2, 0) is 27.0 Å². The quantitative estimate of drug-likeness (QED) is 0.0987. The largest absolute Gasteiger partial charge is 0.508 e. The molecule has 0 atom stereocenters. The summed E-state index contributed by atoms with van der Waals surface area (Å²) in [6.07, 6.45) is 1.03. The molecule has 0 aliphatic heterocycles. The number of carboxylic acids is 1. The predicted octanol–water partition coefficient (Wildman–Crippen LogP) is 8.62. The first kappa shape index (κ1) is 40.9. The van der Waals surface area contributed by atoms with Crippen LogP contribution in [0.5, 0.6) is 23.0 Å². The molecule has 0 radical (unpaired) electrons. The van der Waals surface area contributed by atoms with Gasteiger partial charge in [0.2, 0.25) is 0 Å². The number of rotatable bonds is 9. The number of esters is 3. The summed E-state index contributed by atoms with van der Waals surface area (Å²) in [5, 5.41) is 17.7. The Balaban J connectivity index is 0.000000321. The number of hydrogen-bond donors (Lipinski definition) is 2. The molecule has 11 heteroatoms. The van der Waals surface area contributed by atoms with Gasteiger partial charge in [-0.1, -0.05) is 76.2 Å². The Bertz CT molecular complexity index is 1720. The number of ether oxygens (including phenoxy) is 3. The van der Waals surface area contributed by atoms with Gasteiger partial charge in [0.1, 0.15) is 34.1 Å². The number of carbonyl (C=O) groups is 4. The normalized spacial score (nSPS) is 10.7. The van der Waals surface area contributed by atoms with Crippen LogP contribution in [0.25, 0.3) is 0 Å². The minimum Gasteiger partial charge on any atom is -0.508 e. The molecule has 0 aliphatic carbocycles. The maximum atomic E-state index is 12.4. The van der Waals surface area contributed by atoms with Crippen LogP contribution >= 0.6 is 0 Å². The molecule has 2 N–H and O–H groups in total. The number of carboxylic acid groups (broad SMARTS) is 1. The lowest BCUT2D eigenvalue weighted by Gasteiger charge is -2.36. The van der Waals surface area contributed by atoms with Gasteiger partial charge in [-0.05, 0) is 84.2 Å². The number of carbonyl (C=O) groups excluding carboxylic acids is 3. The van der Waals surface area contributed by atoms with Gasteiger partial charge in [0, 0.05) is 13.8 Å².